The van der Waals surface area contributed by atoms with E-state index in [1.54, 1.807) is 16.8 Å². The molecule has 0 saturated carbocycles. The molecule has 3 N–H and O–H groups in total. The van der Waals surface area contributed by atoms with Crippen molar-refractivity contribution in [3.63, 3.8) is 0 Å². The standard InChI is InChI=1S/C14H13N5O2/c20-13-7-3-4-10(14(13)21)8-15-11-5-1-2-6-12(11)19-9-16-17-18-19/h1-7,9,15,20-21H,8H2. The number of aromatic hydroxyl groups is 2. The van der Waals surface area contributed by atoms with Crippen LogP contribution in [0.15, 0.2) is 48.8 Å². The number of phenols is 2. The summed E-state index contributed by atoms with van der Waals surface area (Å²) in [5.74, 6) is -0.257. The third-order valence-electron chi connectivity index (χ3n) is 3.07. The van der Waals surface area contributed by atoms with Gasteiger partial charge in [0.1, 0.15) is 6.33 Å². The first-order valence-corrected chi connectivity index (χ1v) is 6.32. The van der Waals surface area contributed by atoms with Gasteiger partial charge in [-0.05, 0) is 28.6 Å². The van der Waals surface area contributed by atoms with E-state index in [-0.39, 0.29) is 11.5 Å². The van der Waals surface area contributed by atoms with Crippen molar-refractivity contribution in [3.05, 3.63) is 54.4 Å². The molecule has 0 unspecified atom stereocenters. The number of nitrogens with one attached hydrogen (secondary N) is 1. The van der Waals surface area contributed by atoms with E-state index in [1.807, 2.05) is 24.3 Å². The third kappa shape index (κ3) is 2.62. The Balaban J connectivity index is 1.85. The number of anilines is 1. The molecule has 7 nitrogen and oxygen atoms in total. The van der Waals surface area contributed by atoms with Crippen molar-refractivity contribution in [2.75, 3.05) is 5.32 Å². The third-order valence-corrected chi connectivity index (χ3v) is 3.07. The Kier molecular flexibility index (Phi) is 3.38. The fourth-order valence-corrected chi connectivity index (χ4v) is 2.01. The summed E-state index contributed by atoms with van der Waals surface area (Å²) in [6.45, 7) is 0.360. The van der Waals surface area contributed by atoms with Gasteiger partial charge in [0, 0.05) is 12.1 Å². The minimum atomic E-state index is -0.136. The lowest BCUT2D eigenvalue weighted by atomic mass is 10.1. The lowest BCUT2D eigenvalue weighted by Crippen LogP contribution is -2.05. The molecular weight excluding hydrogens is 270 g/mol. The predicted molar refractivity (Wildman–Crippen MR) is 76.3 cm³/mol. The molecule has 0 saturated heterocycles. The topological polar surface area (TPSA) is 96.1 Å². The molecule has 0 fully saturated rings. The van der Waals surface area contributed by atoms with Crippen LogP contribution in [-0.2, 0) is 6.54 Å². The van der Waals surface area contributed by atoms with Gasteiger partial charge in [-0.3, -0.25) is 0 Å². The molecule has 0 spiro atoms. The molecule has 0 radical (unpaired) electrons. The number of nitrogens with zero attached hydrogens (tertiary/aromatic N) is 4. The second-order valence-corrected chi connectivity index (χ2v) is 4.41. The fraction of sp³-hybridized carbons (Fsp3) is 0.0714. The van der Waals surface area contributed by atoms with E-state index in [1.165, 1.54) is 12.4 Å². The second kappa shape index (κ2) is 5.49. The molecule has 0 aliphatic carbocycles. The molecule has 1 aromatic heterocycles. The van der Waals surface area contributed by atoms with Crippen LogP contribution in [0.3, 0.4) is 0 Å². The minimum absolute atomic E-state index is 0.120. The summed E-state index contributed by atoms with van der Waals surface area (Å²) in [5.41, 5.74) is 2.20. The highest BCUT2D eigenvalue weighted by atomic mass is 16.3. The van der Waals surface area contributed by atoms with E-state index < -0.39 is 0 Å². The Morgan fingerprint density at radius 3 is 2.71 bits per heavy atom. The first kappa shape index (κ1) is 12.9. The molecule has 0 bridgehead atoms. The summed E-state index contributed by atoms with van der Waals surface area (Å²) < 4.78 is 1.55. The van der Waals surface area contributed by atoms with Crippen LogP contribution in [0.1, 0.15) is 5.56 Å². The van der Waals surface area contributed by atoms with Crippen molar-refractivity contribution in [1.82, 2.24) is 20.2 Å². The van der Waals surface area contributed by atoms with Crippen LogP contribution in [0.25, 0.3) is 5.69 Å². The SMILES string of the molecule is Oc1cccc(CNc2ccccc2-n2cnnn2)c1O. The van der Waals surface area contributed by atoms with Gasteiger partial charge in [0.15, 0.2) is 11.5 Å². The van der Waals surface area contributed by atoms with Gasteiger partial charge in [0.25, 0.3) is 0 Å². The smallest absolute Gasteiger partial charge is 0.162 e. The number of hydrogen-bond acceptors (Lipinski definition) is 6. The summed E-state index contributed by atoms with van der Waals surface area (Å²) in [6.07, 6.45) is 1.51. The number of benzene rings is 2. The average molecular weight is 283 g/mol. The van der Waals surface area contributed by atoms with Crippen molar-refractivity contribution in [1.29, 1.82) is 0 Å². The van der Waals surface area contributed by atoms with Crippen molar-refractivity contribution < 1.29 is 10.2 Å². The maximum atomic E-state index is 9.80. The predicted octanol–water partition coefficient (Wildman–Crippen LogP) is 1.69. The van der Waals surface area contributed by atoms with Crippen LogP contribution in [0.4, 0.5) is 5.69 Å². The lowest BCUT2D eigenvalue weighted by molar-refractivity contribution is 0.400. The van der Waals surface area contributed by atoms with Gasteiger partial charge < -0.3 is 15.5 Å². The lowest BCUT2D eigenvalue weighted by Gasteiger charge is -2.12. The molecule has 0 amide bonds. The van der Waals surface area contributed by atoms with Gasteiger partial charge in [-0.25, -0.2) is 0 Å². The normalized spacial score (nSPS) is 10.5. The Morgan fingerprint density at radius 2 is 1.90 bits per heavy atom. The average Bonchev–Trinajstić information content (AvgIpc) is 3.03. The Labute approximate surface area is 120 Å². The number of rotatable bonds is 4. The molecule has 3 aromatic rings. The maximum Gasteiger partial charge on any atom is 0.162 e. The molecule has 0 atom stereocenters. The maximum absolute atomic E-state index is 9.80. The van der Waals surface area contributed by atoms with Crippen LogP contribution in [0.5, 0.6) is 11.5 Å². The molecule has 2 aromatic carbocycles. The van der Waals surface area contributed by atoms with Gasteiger partial charge in [-0.15, -0.1) is 5.10 Å². The fourth-order valence-electron chi connectivity index (χ4n) is 2.01. The zero-order valence-corrected chi connectivity index (χ0v) is 11.0. The largest absolute Gasteiger partial charge is 0.504 e. The van der Waals surface area contributed by atoms with Crippen LogP contribution in [0.2, 0.25) is 0 Å². The number of aromatic nitrogens is 4. The highest BCUT2D eigenvalue weighted by Gasteiger charge is 2.08. The van der Waals surface area contributed by atoms with E-state index >= 15 is 0 Å². The first-order chi connectivity index (χ1) is 10.3. The zero-order chi connectivity index (χ0) is 14.7. The monoisotopic (exact) mass is 283 g/mol. The highest BCUT2D eigenvalue weighted by Crippen LogP contribution is 2.29. The van der Waals surface area contributed by atoms with Crippen LogP contribution in [-0.4, -0.2) is 30.4 Å². The quantitative estimate of drug-likeness (QED) is 0.630. The van der Waals surface area contributed by atoms with Crippen LogP contribution in [0, 0.1) is 0 Å². The van der Waals surface area contributed by atoms with Gasteiger partial charge in [-0.2, -0.15) is 4.68 Å². The second-order valence-electron chi connectivity index (χ2n) is 4.41. The summed E-state index contributed by atoms with van der Waals surface area (Å²) in [6, 6.07) is 12.4. The summed E-state index contributed by atoms with van der Waals surface area (Å²) in [7, 11) is 0. The van der Waals surface area contributed by atoms with E-state index in [0.717, 1.165) is 11.4 Å². The van der Waals surface area contributed by atoms with Crippen molar-refractivity contribution in [3.8, 4) is 17.2 Å². The van der Waals surface area contributed by atoms with Crippen molar-refractivity contribution in [2.24, 2.45) is 0 Å². The van der Waals surface area contributed by atoms with Crippen LogP contribution < -0.4 is 5.32 Å². The highest BCUT2D eigenvalue weighted by molar-refractivity contribution is 5.61. The van der Waals surface area contributed by atoms with Crippen LogP contribution >= 0.6 is 0 Å². The summed E-state index contributed by atoms with van der Waals surface area (Å²) in [5, 5.41) is 33.6. The molecular formula is C14H13N5O2. The molecule has 21 heavy (non-hydrogen) atoms. The molecule has 7 heteroatoms. The Hall–Kier alpha value is -3.09. The minimum Gasteiger partial charge on any atom is -0.504 e. The molecule has 0 aliphatic heterocycles. The van der Waals surface area contributed by atoms with Crippen molar-refractivity contribution >= 4 is 5.69 Å². The molecule has 106 valence electrons. The summed E-state index contributed by atoms with van der Waals surface area (Å²) >= 11 is 0. The molecule has 0 aliphatic rings. The number of hydrogen-bond donors (Lipinski definition) is 3. The number of tetrazole rings is 1. The van der Waals surface area contributed by atoms with Gasteiger partial charge in [-0.1, -0.05) is 24.3 Å². The van der Waals surface area contributed by atoms with Gasteiger partial charge >= 0.3 is 0 Å². The van der Waals surface area contributed by atoms with Gasteiger partial charge in [0.05, 0.1) is 11.4 Å². The zero-order valence-electron chi connectivity index (χ0n) is 11.0. The summed E-state index contributed by atoms with van der Waals surface area (Å²) in [4.78, 5) is 0. The number of phenolic OH excluding ortho intramolecular Hbond substituents is 2. The Morgan fingerprint density at radius 1 is 1.05 bits per heavy atom. The van der Waals surface area contributed by atoms with Gasteiger partial charge in [0.2, 0.25) is 0 Å². The number of para-hydroxylation sites is 3. The molecule has 3 rings (SSSR count). The van der Waals surface area contributed by atoms with Crippen molar-refractivity contribution in [2.45, 2.75) is 6.54 Å². The Bertz CT molecular complexity index is 743. The van der Waals surface area contributed by atoms with E-state index in [0.29, 0.717) is 12.1 Å². The molecule has 1 heterocycles. The van der Waals surface area contributed by atoms with E-state index in [9.17, 15) is 10.2 Å². The van der Waals surface area contributed by atoms with E-state index in [2.05, 4.69) is 20.8 Å². The van der Waals surface area contributed by atoms with E-state index in [4.69, 9.17) is 0 Å². The first-order valence-electron chi connectivity index (χ1n) is 6.32.